The Kier molecular flexibility index (Phi) is 4.23. The van der Waals surface area contributed by atoms with Gasteiger partial charge in [-0.2, -0.15) is 5.10 Å². The van der Waals surface area contributed by atoms with Gasteiger partial charge in [0.15, 0.2) is 5.69 Å². The number of aliphatic hydroxyl groups excluding tert-OH is 1. The van der Waals surface area contributed by atoms with Crippen molar-refractivity contribution < 1.29 is 14.6 Å². The zero-order valence-corrected chi connectivity index (χ0v) is 13.3. The van der Waals surface area contributed by atoms with Crippen molar-refractivity contribution in [1.82, 2.24) is 15.5 Å². The van der Waals surface area contributed by atoms with E-state index in [0.717, 1.165) is 36.9 Å². The molecule has 1 fully saturated rings. The molecule has 6 heteroatoms. The van der Waals surface area contributed by atoms with Crippen LogP contribution in [0.2, 0.25) is 0 Å². The predicted molar refractivity (Wildman–Crippen MR) is 81.6 cm³/mol. The Morgan fingerprint density at radius 1 is 1.41 bits per heavy atom. The predicted octanol–water partition coefficient (Wildman–Crippen LogP) is 1.86. The zero-order valence-electron chi connectivity index (χ0n) is 13.3. The minimum Gasteiger partial charge on any atom is -0.394 e. The topological polar surface area (TPSA) is 87.2 Å². The molecule has 1 aromatic heterocycles. The fraction of sp³-hybridized carbons (Fsp3) is 0.750. The number of ether oxygens (including phenoxy) is 1. The molecular weight excluding hydrogens is 282 g/mol. The average Bonchev–Trinajstić information content (AvgIpc) is 2.92. The Balaban J connectivity index is 1.81. The molecule has 3 N–H and O–H groups in total. The molecule has 3 rings (SSSR count). The van der Waals surface area contributed by atoms with Crippen molar-refractivity contribution in [3.05, 3.63) is 17.0 Å². The van der Waals surface area contributed by atoms with Gasteiger partial charge in [-0.15, -0.1) is 0 Å². The minimum atomic E-state index is -0.483. The van der Waals surface area contributed by atoms with E-state index < -0.39 is 5.54 Å². The molecule has 1 aliphatic carbocycles. The van der Waals surface area contributed by atoms with Crippen molar-refractivity contribution >= 4 is 5.91 Å². The number of fused-ring (bicyclic) bond motifs is 1. The van der Waals surface area contributed by atoms with Crippen LogP contribution in [-0.2, 0) is 11.2 Å². The summed E-state index contributed by atoms with van der Waals surface area (Å²) < 4.78 is 5.75. The molecule has 0 bridgehead atoms. The van der Waals surface area contributed by atoms with Gasteiger partial charge in [0.2, 0.25) is 0 Å². The summed E-state index contributed by atoms with van der Waals surface area (Å²) in [6, 6.07) is 0. The lowest BCUT2D eigenvalue weighted by molar-refractivity contribution is -0.00699. The highest BCUT2D eigenvalue weighted by Gasteiger charge is 2.36. The summed E-state index contributed by atoms with van der Waals surface area (Å²) in [6.07, 6.45) is 5.60. The molecule has 0 spiro atoms. The average molecular weight is 307 g/mol. The quantitative estimate of drug-likeness (QED) is 0.795. The summed E-state index contributed by atoms with van der Waals surface area (Å²) in [7, 11) is 0. The summed E-state index contributed by atoms with van der Waals surface area (Å²) >= 11 is 0. The fourth-order valence-corrected chi connectivity index (χ4v) is 3.71. The second-order valence-corrected chi connectivity index (χ2v) is 6.71. The van der Waals surface area contributed by atoms with Crippen molar-refractivity contribution in [2.75, 3.05) is 6.61 Å². The first-order chi connectivity index (χ1) is 10.5. The molecule has 6 nitrogen and oxygen atoms in total. The third-order valence-corrected chi connectivity index (χ3v) is 4.94. The SMILES string of the molecule is C[C@@H]1Cc2c(C(=O)NC3(CO)CCCCC3)n[nH]c2[C@H](C)O1. The molecule has 2 heterocycles. The number of hydrogen-bond donors (Lipinski definition) is 3. The van der Waals surface area contributed by atoms with E-state index >= 15 is 0 Å². The monoisotopic (exact) mass is 307 g/mol. The Morgan fingerprint density at radius 3 is 2.82 bits per heavy atom. The second-order valence-electron chi connectivity index (χ2n) is 6.71. The van der Waals surface area contributed by atoms with Crippen LogP contribution in [0.25, 0.3) is 0 Å². The first-order valence-electron chi connectivity index (χ1n) is 8.20. The largest absolute Gasteiger partial charge is 0.394 e. The van der Waals surface area contributed by atoms with Crippen LogP contribution < -0.4 is 5.32 Å². The molecule has 1 aromatic rings. The summed E-state index contributed by atoms with van der Waals surface area (Å²) in [5, 5.41) is 20.0. The van der Waals surface area contributed by atoms with Crippen LogP contribution >= 0.6 is 0 Å². The van der Waals surface area contributed by atoms with Gasteiger partial charge >= 0.3 is 0 Å². The normalized spacial score (nSPS) is 27.2. The maximum Gasteiger partial charge on any atom is 0.272 e. The summed E-state index contributed by atoms with van der Waals surface area (Å²) in [5.41, 5.74) is 1.82. The van der Waals surface area contributed by atoms with Crippen LogP contribution in [-0.4, -0.2) is 39.5 Å². The lowest BCUT2D eigenvalue weighted by Crippen LogP contribution is -2.52. The number of nitrogens with zero attached hydrogens (tertiary/aromatic N) is 1. The second kappa shape index (κ2) is 6.01. The first-order valence-corrected chi connectivity index (χ1v) is 8.20. The van der Waals surface area contributed by atoms with Crippen LogP contribution in [0, 0.1) is 0 Å². The van der Waals surface area contributed by atoms with Gasteiger partial charge < -0.3 is 15.2 Å². The number of rotatable bonds is 3. The van der Waals surface area contributed by atoms with Gasteiger partial charge in [0.1, 0.15) is 0 Å². The molecule has 0 unspecified atom stereocenters. The number of amides is 1. The number of H-pyrrole nitrogens is 1. The number of carbonyl (C=O) groups excluding carboxylic acids is 1. The van der Waals surface area contributed by atoms with E-state index in [1.807, 2.05) is 13.8 Å². The molecule has 1 amide bonds. The van der Waals surface area contributed by atoms with Crippen molar-refractivity contribution in [1.29, 1.82) is 0 Å². The maximum absolute atomic E-state index is 12.7. The van der Waals surface area contributed by atoms with Crippen molar-refractivity contribution in [3.8, 4) is 0 Å². The highest BCUT2D eigenvalue weighted by atomic mass is 16.5. The van der Waals surface area contributed by atoms with E-state index in [1.54, 1.807) is 0 Å². The van der Waals surface area contributed by atoms with Gasteiger partial charge in [-0.05, 0) is 26.7 Å². The first kappa shape index (κ1) is 15.5. The Hall–Kier alpha value is -1.40. The molecule has 1 saturated carbocycles. The number of aromatic nitrogens is 2. The molecule has 0 saturated heterocycles. The van der Waals surface area contributed by atoms with Crippen LogP contribution in [0.4, 0.5) is 0 Å². The molecule has 2 aliphatic rings. The van der Waals surface area contributed by atoms with Crippen molar-refractivity contribution in [3.63, 3.8) is 0 Å². The van der Waals surface area contributed by atoms with Crippen LogP contribution in [0.1, 0.15) is 73.8 Å². The van der Waals surface area contributed by atoms with E-state index in [9.17, 15) is 9.90 Å². The lowest BCUT2D eigenvalue weighted by Gasteiger charge is -2.36. The molecule has 1 aliphatic heterocycles. The lowest BCUT2D eigenvalue weighted by atomic mass is 9.82. The number of nitrogens with one attached hydrogen (secondary N) is 2. The summed E-state index contributed by atoms with van der Waals surface area (Å²) in [5.74, 6) is -0.185. The smallest absolute Gasteiger partial charge is 0.272 e. The van der Waals surface area contributed by atoms with Crippen molar-refractivity contribution in [2.24, 2.45) is 0 Å². The van der Waals surface area contributed by atoms with Crippen molar-refractivity contribution in [2.45, 2.75) is 70.1 Å². The zero-order chi connectivity index (χ0) is 15.7. The summed E-state index contributed by atoms with van der Waals surface area (Å²) in [4.78, 5) is 12.7. The molecule has 22 heavy (non-hydrogen) atoms. The third-order valence-electron chi connectivity index (χ3n) is 4.94. The van der Waals surface area contributed by atoms with Crippen LogP contribution in [0.5, 0.6) is 0 Å². The van der Waals surface area contributed by atoms with Gasteiger partial charge in [0, 0.05) is 12.0 Å². The maximum atomic E-state index is 12.7. The Labute approximate surface area is 130 Å². The van der Waals surface area contributed by atoms with E-state index in [2.05, 4.69) is 15.5 Å². The fourth-order valence-electron chi connectivity index (χ4n) is 3.71. The number of aliphatic hydroxyl groups is 1. The standard InChI is InChI=1S/C16H25N3O3/c1-10-8-12-13(11(2)22-10)18-19-14(12)15(21)17-16(9-20)6-4-3-5-7-16/h10-11,20H,3-9H2,1-2H3,(H,17,21)(H,18,19)/t10-,11+/m1/s1. The van der Waals surface area contributed by atoms with Gasteiger partial charge in [0.25, 0.3) is 5.91 Å². The van der Waals surface area contributed by atoms with Crippen LogP contribution in [0.15, 0.2) is 0 Å². The van der Waals surface area contributed by atoms with Gasteiger partial charge in [-0.3, -0.25) is 9.89 Å². The van der Waals surface area contributed by atoms with Gasteiger partial charge in [-0.25, -0.2) is 0 Å². The molecule has 122 valence electrons. The van der Waals surface area contributed by atoms with Crippen LogP contribution in [0.3, 0.4) is 0 Å². The number of aromatic amines is 1. The van der Waals surface area contributed by atoms with Gasteiger partial charge in [-0.1, -0.05) is 19.3 Å². The highest BCUT2D eigenvalue weighted by molar-refractivity contribution is 5.94. The van der Waals surface area contributed by atoms with E-state index in [0.29, 0.717) is 12.1 Å². The number of carbonyl (C=O) groups is 1. The van der Waals surface area contributed by atoms with E-state index in [-0.39, 0.29) is 24.7 Å². The Morgan fingerprint density at radius 2 is 2.14 bits per heavy atom. The minimum absolute atomic E-state index is 0.0126. The van der Waals surface area contributed by atoms with E-state index in [1.165, 1.54) is 6.42 Å². The molecule has 0 radical (unpaired) electrons. The number of hydrogen-bond acceptors (Lipinski definition) is 4. The summed E-state index contributed by atoms with van der Waals surface area (Å²) in [6.45, 7) is 3.95. The Bertz CT molecular complexity index is 549. The molecular formula is C16H25N3O3. The van der Waals surface area contributed by atoms with Gasteiger partial charge in [0.05, 0.1) is 30.0 Å². The third kappa shape index (κ3) is 2.77. The molecule has 2 atom stereocenters. The highest BCUT2D eigenvalue weighted by Crippen LogP contribution is 2.31. The van der Waals surface area contributed by atoms with E-state index in [4.69, 9.17) is 4.74 Å². The molecule has 0 aromatic carbocycles.